The molecule has 1 saturated carbocycles. The van der Waals surface area contributed by atoms with E-state index in [9.17, 15) is 9.59 Å². The van der Waals surface area contributed by atoms with Gasteiger partial charge in [0.25, 0.3) is 5.91 Å². The molecular formula is C28H32N4O4. The largest absolute Gasteiger partial charge is 0.497 e. The van der Waals surface area contributed by atoms with Crippen LogP contribution in [0.1, 0.15) is 36.0 Å². The Bertz CT molecular complexity index is 1240. The summed E-state index contributed by atoms with van der Waals surface area (Å²) in [6.07, 6.45) is 5.74. The molecular weight excluding hydrogens is 456 g/mol. The van der Waals surface area contributed by atoms with Crippen molar-refractivity contribution in [1.29, 1.82) is 0 Å². The summed E-state index contributed by atoms with van der Waals surface area (Å²) in [7, 11) is 3.19. The number of benzene rings is 2. The average molecular weight is 489 g/mol. The summed E-state index contributed by atoms with van der Waals surface area (Å²) in [5.41, 5.74) is 2.55. The van der Waals surface area contributed by atoms with Crippen LogP contribution >= 0.6 is 0 Å². The molecule has 5 rings (SSSR count). The topological polar surface area (TPSA) is 85.7 Å². The van der Waals surface area contributed by atoms with Gasteiger partial charge < -0.3 is 19.7 Å². The normalized spacial score (nSPS) is 17.5. The Morgan fingerprint density at radius 3 is 2.58 bits per heavy atom. The summed E-state index contributed by atoms with van der Waals surface area (Å²) in [5, 5.41) is 7.89. The van der Waals surface area contributed by atoms with Gasteiger partial charge in [-0.2, -0.15) is 5.10 Å². The second-order valence-corrected chi connectivity index (χ2v) is 9.52. The molecule has 0 bridgehead atoms. The molecule has 8 heteroatoms. The molecule has 2 heterocycles. The van der Waals surface area contributed by atoms with Crippen LogP contribution in [-0.4, -0.2) is 60.3 Å². The number of hydrogen-bond donors (Lipinski definition) is 1. The maximum absolute atomic E-state index is 13.9. The molecule has 2 aliphatic rings. The third-order valence-electron chi connectivity index (χ3n) is 6.97. The predicted molar refractivity (Wildman–Crippen MR) is 136 cm³/mol. The van der Waals surface area contributed by atoms with Gasteiger partial charge in [0, 0.05) is 37.5 Å². The first kappa shape index (κ1) is 23.9. The van der Waals surface area contributed by atoms with Gasteiger partial charge in [-0.05, 0) is 55.9 Å². The van der Waals surface area contributed by atoms with Crippen molar-refractivity contribution in [2.45, 2.75) is 25.7 Å². The van der Waals surface area contributed by atoms with Crippen LogP contribution in [0.3, 0.4) is 0 Å². The number of nitrogens with one attached hydrogen (secondary N) is 1. The third-order valence-corrected chi connectivity index (χ3v) is 6.97. The first-order chi connectivity index (χ1) is 17.6. The molecule has 0 radical (unpaired) electrons. The van der Waals surface area contributed by atoms with E-state index >= 15 is 0 Å². The van der Waals surface area contributed by atoms with E-state index in [1.165, 1.54) is 12.8 Å². The molecule has 2 amide bonds. The number of hydrogen-bond acceptors (Lipinski definition) is 5. The summed E-state index contributed by atoms with van der Waals surface area (Å²) in [6, 6.07) is 15.2. The second-order valence-electron chi connectivity index (χ2n) is 9.52. The number of ether oxygens (including phenoxy) is 2. The number of carbonyl (C=O) groups excluding carboxylic acids is 2. The lowest BCUT2D eigenvalue weighted by molar-refractivity contribution is -0.126. The van der Waals surface area contributed by atoms with E-state index in [2.05, 4.69) is 5.32 Å². The summed E-state index contributed by atoms with van der Waals surface area (Å²) in [6.45, 7) is 1.76. The van der Waals surface area contributed by atoms with Crippen molar-refractivity contribution in [2.24, 2.45) is 11.8 Å². The molecule has 0 unspecified atom stereocenters. The van der Waals surface area contributed by atoms with Crippen LogP contribution < -0.4 is 14.8 Å². The fourth-order valence-corrected chi connectivity index (χ4v) is 4.69. The van der Waals surface area contributed by atoms with Crippen LogP contribution in [0.25, 0.3) is 16.9 Å². The van der Waals surface area contributed by atoms with Crippen LogP contribution in [0.4, 0.5) is 0 Å². The number of aromatic nitrogens is 2. The summed E-state index contributed by atoms with van der Waals surface area (Å²) < 4.78 is 12.7. The van der Waals surface area contributed by atoms with Gasteiger partial charge in [-0.1, -0.05) is 18.2 Å². The lowest BCUT2D eigenvalue weighted by Gasteiger charge is -2.32. The van der Waals surface area contributed by atoms with Gasteiger partial charge in [0.2, 0.25) is 5.91 Å². The predicted octanol–water partition coefficient (Wildman–Crippen LogP) is 3.93. The summed E-state index contributed by atoms with van der Waals surface area (Å²) in [5.74, 6) is 1.58. The van der Waals surface area contributed by atoms with Gasteiger partial charge >= 0.3 is 0 Å². The van der Waals surface area contributed by atoms with Gasteiger partial charge in [-0.25, -0.2) is 4.68 Å². The minimum Gasteiger partial charge on any atom is -0.497 e. The first-order valence-electron chi connectivity index (χ1n) is 12.5. The number of carbonyl (C=O) groups is 2. The second kappa shape index (κ2) is 10.4. The average Bonchev–Trinajstić information content (AvgIpc) is 3.67. The fourth-order valence-electron chi connectivity index (χ4n) is 4.69. The zero-order chi connectivity index (χ0) is 25.1. The number of rotatable bonds is 8. The minimum absolute atomic E-state index is 0.0522. The highest BCUT2D eigenvalue weighted by atomic mass is 16.5. The van der Waals surface area contributed by atoms with E-state index in [1.807, 2.05) is 42.5 Å². The number of amides is 2. The Hall–Kier alpha value is -3.81. The first-order valence-corrected chi connectivity index (χ1v) is 12.5. The molecule has 1 aliphatic heterocycles. The number of nitrogens with zero attached hydrogens (tertiary/aromatic N) is 3. The SMILES string of the molecule is COc1ccc(-c2nn(-c3ccccc3)cc2C(=O)N2CCC[C@H](C(=O)NCC3CC3)C2)c(OC)c1. The molecule has 1 N–H and O–H groups in total. The highest BCUT2D eigenvalue weighted by molar-refractivity contribution is 6.01. The van der Waals surface area contributed by atoms with Crippen molar-refractivity contribution in [3.8, 4) is 28.4 Å². The third kappa shape index (κ3) is 5.08. The molecule has 1 atom stereocenters. The molecule has 2 fully saturated rings. The van der Waals surface area contributed by atoms with Crippen molar-refractivity contribution in [3.05, 3.63) is 60.3 Å². The Morgan fingerprint density at radius 1 is 1.06 bits per heavy atom. The van der Waals surface area contributed by atoms with Gasteiger partial charge in [-0.3, -0.25) is 9.59 Å². The Labute approximate surface area is 211 Å². The van der Waals surface area contributed by atoms with Crippen LogP contribution in [0.5, 0.6) is 11.5 Å². The number of para-hydroxylation sites is 1. The van der Waals surface area contributed by atoms with E-state index in [0.717, 1.165) is 25.1 Å². The maximum atomic E-state index is 13.9. The molecule has 36 heavy (non-hydrogen) atoms. The van der Waals surface area contributed by atoms with Crippen LogP contribution in [0.2, 0.25) is 0 Å². The minimum atomic E-state index is -0.190. The van der Waals surface area contributed by atoms with Crippen molar-refractivity contribution in [1.82, 2.24) is 20.0 Å². The number of piperidine rings is 1. The molecule has 0 spiro atoms. The highest BCUT2D eigenvalue weighted by Gasteiger charge is 2.32. The van der Waals surface area contributed by atoms with Crippen molar-refractivity contribution in [2.75, 3.05) is 33.9 Å². The molecule has 1 aromatic heterocycles. The summed E-state index contributed by atoms with van der Waals surface area (Å²) >= 11 is 0. The molecule has 3 aromatic rings. The maximum Gasteiger partial charge on any atom is 0.257 e. The van der Waals surface area contributed by atoms with Gasteiger partial charge in [0.05, 0.1) is 31.4 Å². The molecule has 2 aromatic carbocycles. The summed E-state index contributed by atoms with van der Waals surface area (Å²) in [4.78, 5) is 28.4. The smallest absolute Gasteiger partial charge is 0.257 e. The van der Waals surface area contributed by atoms with Crippen LogP contribution in [0.15, 0.2) is 54.7 Å². The lowest BCUT2D eigenvalue weighted by Crippen LogP contribution is -2.45. The van der Waals surface area contributed by atoms with Gasteiger partial charge in [0.15, 0.2) is 0 Å². The lowest BCUT2D eigenvalue weighted by atomic mass is 9.96. The molecule has 1 saturated heterocycles. The number of likely N-dealkylation sites (tertiary alicyclic amines) is 1. The molecule has 1 aliphatic carbocycles. The van der Waals surface area contributed by atoms with E-state index in [1.54, 1.807) is 36.1 Å². The van der Waals surface area contributed by atoms with Gasteiger partial charge in [0.1, 0.15) is 17.2 Å². The van der Waals surface area contributed by atoms with Crippen molar-refractivity contribution in [3.63, 3.8) is 0 Å². The van der Waals surface area contributed by atoms with E-state index in [4.69, 9.17) is 14.6 Å². The Kier molecular flexibility index (Phi) is 6.93. The molecule has 8 nitrogen and oxygen atoms in total. The van der Waals surface area contributed by atoms with Crippen LogP contribution in [-0.2, 0) is 4.79 Å². The quantitative estimate of drug-likeness (QED) is 0.519. The number of methoxy groups -OCH3 is 2. The van der Waals surface area contributed by atoms with Crippen molar-refractivity contribution >= 4 is 11.8 Å². The molecule has 188 valence electrons. The Morgan fingerprint density at radius 2 is 1.86 bits per heavy atom. The van der Waals surface area contributed by atoms with Crippen LogP contribution in [0, 0.1) is 11.8 Å². The van der Waals surface area contributed by atoms with E-state index < -0.39 is 0 Å². The monoisotopic (exact) mass is 488 g/mol. The van der Waals surface area contributed by atoms with Gasteiger partial charge in [-0.15, -0.1) is 0 Å². The van der Waals surface area contributed by atoms with E-state index in [-0.39, 0.29) is 17.7 Å². The zero-order valence-electron chi connectivity index (χ0n) is 20.8. The zero-order valence-corrected chi connectivity index (χ0v) is 20.8. The van der Waals surface area contributed by atoms with Crippen molar-refractivity contribution < 1.29 is 19.1 Å². The fraction of sp³-hybridized carbons (Fsp3) is 0.393. The van der Waals surface area contributed by atoms with E-state index in [0.29, 0.717) is 47.3 Å². The standard InChI is InChI=1S/C28H32N4O4/c1-35-22-12-13-23(25(15-22)36-2)26-24(18-32(30-26)21-8-4-3-5-9-21)28(34)31-14-6-7-20(17-31)27(33)29-16-19-10-11-19/h3-5,8-9,12-13,15,18-20H,6-7,10-11,14,16-17H2,1-2H3,(H,29,33)/t20-/m0/s1. The Balaban J connectivity index is 1.46. The highest BCUT2D eigenvalue weighted by Crippen LogP contribution is 2.36.